The number of hydrogen-bond acceptors (Lipinski definition) is 7. The van der Waals surface area contributed by atoms with Crippen molar-refractivity contribution in [2.24, 2.45) is 7.05 Å². The summed E-state index contributed by atoms with van der Waals surface area (Å²) in [6, 6.07) is 20.4. The molecule has 10 heteroatoms. The molecule has 1 aromatic heterocycles. The third-order valence-electron chi connectivity index (χ3n) is 10.6. The summed E-state index contributed by atoms with van der Waals surface area (Å²) in [5.74, 6) is 1.24. The van der Waals surface area contributed by atoms with E-state index in [9.17, 15) is 14.4 Å². The van der Waals surface area contributed by atoms with Gasteiger partial charge in [0.05, 0.1) is 13.2 Å². The average molecular weight is 698 g/mol. The minimum Gasteiger partial charge on any atom is -0.496 e. The molecule has 4 aromatic rings. The van der Waals surface area contributed by atoms with Crippen LogP contribution in [0.3, 0.4) is 0 Å². The van der Waals surface area contributed by atoms with Gasteiger partial charge in [0, 0.05) is 66.5 Å². The second kappa shape index (κ2) is 16.2. The lowest BCUT2D eigenvalue weighted by Gasteiger charge is -2.42. The highest BCUT2D eigenvalue weighted by Crippen LogP contribution is 2.37. The summed E-state index contributed by atoms with van der Waals surface area (Å²) >= 11 is 6.97. The molecule has 2 aliphatic heterocycles. The van der Waals surface area contributed by atoms with Crippen molar-refractivity contribution in [1.29, 1.82) is 0 Å². The Balaban J connectivity index is 1.01. The summed E-state index contributed by atoms with van der Waals surface area (Å²) in [6.45, 7) is 4.96. The van der Waals surface area contributed by atoms with E-state index in [1.54, 1.807) is 25.8 Å². The number of aryl methyl sites for hydroxylation is 1. The molecule has 0 spiro atoms. The van der Waals surface area contributed by atoms with E-state index in [-0.39, 0.29) is 17.5 Å². The van der Waals surface area contributed by atoms with Crippen LogP contribution in [0, 0.1) is 0 Å². The number of benzene rings is 3. The van der Waals surface area contributed by atoms with Crippen LogP contribution in [0.15, 0.2) is 71.7 Å². The number of likely N-dealkylation sites (tertiary alicyclic amines) is 2. The number of amides is 1. The van der Waals surface area contributed by atoms with Gasteiger partial charge in [0.1, 0.15) is 12.0 Å². The number of fused-ring (bicyclic) bond motifs is 1. The molecular weight excluding hydrogens is 650 g/mol. The molecule has 2 aliphatic rings. The summed E-state index contributed by atoms with van der Waals surface area (Å²) in [6.07, 6.45) is 8.07. The first kappa shape index (κ1) is 35.6. The summed E-state index contributed by atoms with van der Waals surface area (Å²) in [7, 11) is 5.08. The standard InChI is InChI=1S/C40H48ClN5O4/c1-42-39(48)13-12-31(26-47)43-30-10-8-27(9-11-30)28-14-20-46(21-15-28)32-16-18-45(19-17-32)25-36-37(41)22-29(23-38(36)50-3)35-24-44(2)40(49)34-7-5-4-6-33(34)35/h4-11,22-24,26,28,31-32,43H,12-21,25H2,1-3H3,(H,42,48). The number of methoxy groups -OCH3 is 1. The third kappa shape index (κ3) is 8.06. The normalized spacial score (nSPS) is 17.0. The number of nitrogens with zero attached hydrogens (tertiary/aromatic N) is 3. The number of anilines is 1. The number of halogens is 1. The SMILES string of the molecule is CNC(=O)CCC(C=O)Nc1ccc(C2CCN(C3CCN(Cc4c(Cl)cc(-c5cn(C)c(=O)c6ccccc56)cc4OC)CC3)CC2)cc1. The monoisotopic (exact) mass is 697 g/mol. The Kier molecular flexibility index (Phi) is 11.6. The zero-order chi connectivity index (χ0) is 35.2. The molecule has 50 heavy (non-hydrogen) atoms. The Hall–Kier alpha value is -4.18. The zero-order valence-corrected chi connectivity index (χ0v) is 30.0. The highest BCUT2D eigenvalue weighted by atomic mass is 35.5. The molecule has 0 aliphatic carbocycles. The lowest BCUT2D eigenvalue weighted by atomic mass is 9.88. The van der Waals surface area contributed by atoms with E-state index in [2.05, 4.69) is 44.7 Å². The molecule has 0 radical (unpaired) electrons. The van der Waals surface area contributed by atoms with Gasteiger partial charge < -0.3 is 29.6 Å². The molecule has 2 fully saturated rings. The summed E-state index contributed by atoms with van der Waals surface area (Å²) in [5.41, 5.74) is 5.11. The van der Waals surface area contributed by atoms with Crippen LogP contribution in [0.5, 0.6) is 5.75 Å². The van der Waals surface area contributed by atoms with Gasteiger partial charge in [-0.15, -0.1) is 0 Å². The van der Waals surface area contributed by atoms with Crippen molar-refractivity contribution in [2.75, 3.05) is 45.7 Å². The molecule has 0 saturated carbocycles. The Morgan fingerprint density at radius 2 is 1.70 bits per heavy atom. The smallest absolute Gasteiger partial charge is 0.258 e. The van der Waals surface area contributed by atoms with Gasteiger partial charge in [0.25, 0.3) is 5.56 Å². The van der Waals surface area contributed by atoms with Crippen LogP contribution < -0.4 is 20.9 Å². The van der Waals surface area contributed by atoms with Crippen LogP contribution in [-0.4, -0.2) is 79.0 Å². The van der Waals surface area contributed by atoms with Crippen molar-refractivity contribution in [1.82, 2.24) is 19.7 Å². The maximum absolute atomic E-state index is 12.7. The largest absolute Gasteiger partial charge is 0.496 e. The van der Waals surface area contributed by atoms with E-state index in [4.69, 9.17) is 16.3 Å². The number of aromatic nitrogens is 1. The third-order valence-corrected chi connectivity index (χ3v) is 11.0. The number of ether oxygens (including phenoxy) is 1. The fourth-order valence-electron chi connectivity index (χ4n) is 7.66. The van der Waals surface area contributed by atoms with Crippen LogP contribution in [0.4, 0.5) is 5.69 Å². The van der Waals surface area contributed by atoms with Crippen LogP contribution in [0.1, 0.15) is 55.6 Å². The van der Waals surface area contributed by atoms with Gasteiger partial charge in [-0.3, -0.25) is 14.5 Å². The number of carbonyl (C=O) groups is 2. The predicted molar refractivity (Wildman–Crippen MR) is 201 cm³/mol. The van der Waals surface area contributed by atoms with Crippen molar-refractivity contribution >= 4 is 40.3 Å². The van der Waals surface area contributed by atoms with Crippen molar-refractivity contribution in [3.05, 3.63) is 93.4 Å². The van der Waals surface area contributed by atoms with Crippen LogP contribution in [0.2, 0.25) is 5.02 Å². The van der Waals surface area contributed by atoms with E-state index < -0.39 is 0 Å². The molecule has 6 rings (SSSR count). The molecule has 2 saturated heterocycles. The lowest BCUT2D eigenvalue weighted by Crippen LogP contribution is -2.47. The Morgan fingerprint density at radius 3 is 2.36 bits per heavy atom. The molecule has 1 amide bonds. The molecule has 9 nitrogen and oxygen atoms in total. The number of rotatable bonds is 12. The number of pyridine rings is 1. The number of piperidine rings is 2. The van der Waals surface area contributed by atoms with Gasteiger partial charge in [0.15, 0.2) is 0 Å². The molecule has 1 unspecified atom stereocenters. The first-order valence-corrected chi connectivity index (χ1v) is 18.1. The van der Waals surface area contributed by atoms with Gasteiger partial charge in [-0.2, -0.15) is 0 Å². The van der Waals surface area contributed by atoms with Gasteiger partial charge >= 0.3 is 0 Å². The van der Waals surface area contributed by atoms with Crippen molar-refractivity contribution in [3.8, 4) is 16.9 Å². The lowest BCUT2D eigenvalue weighted by molar-refractivity contribution is -0.120. The fourth-order valence-corrected chi connectivity index (χ4v) is 7.93. The second-order valence-electron chi connectivity index (χ2n) is 13.7. The summed E-state index contributed by atoms with van der Waals surface area (Å²) < 4.78 is 7.52. The van der Waals surface area contributed by atoms with Gasteiger partial charge in [0.2, 0.25) is 5.91 Å². The van der Waals surface area contributed by atoms with Crippen molar-refractivity contribution in [2.45, 2.75) is 63.1 Å². The zero-order valence-electron chi connectivity index (χ0n) is 29.3. The van der Waals surface area contributed by atoms with E-state index >= 15 is 0 Å². The van der Waals surface area contributed by atoms with E-state index in [0.29, 0.717) is 35.2 Å². The van der Waals surface area contributed by atoms with Gasteiger partial charge in [-0.1, -0.05) is 41.9 Å². The molecule has 264 valence electrons. The summed E-state index contributed by atoms with van der Waals surface area (Å²) in [5, 5.41) is 8.11. The fraction of sp³-hybridized carbons (Fsp3) is 0.425. The number of aldehydes is 1. The topological polar surface area (TPSA) is 95.9 Å². The molecule has 0 bridgehead atoms. The minimum atomic E-state index is -0.383. The van der Waals surface area contributed by atoms with Crippen LogP contribution >= 0.6 is 11.6 Å². The maximum atomic E-state index is 12.7. The number of nitrogens with one attached hydrogen (secondary N) is 2. The van der Waals surface area contributed by atoms with Crippen molar-refractivity contribution < 1.29 is 14.3 Å². The molecule has 3 aromatic carbocycles. The van der Waals surface area contributed by atoms with Gasteiger partial charge in [-0.25, -0.2) is 0 Å². The number of carbonyl (C=O) groups excluding carboxylic acids is 2. The van der Waals surface area contributed by atoms with Crippen LogP contribution in [-0.2, 0) is 23.2 Å². The molecule has 2 N–H and O–H groups in total. The molecule has 3 heterocycles. The van der Waals surface area contributed by atoms with Crippen LogP contribution in [0.25, 0.3) is 21.9 Å². The highest BCUT2D eigenvalue weighted by Gasteiger charge is 2.29. The molecular formula is C40H48ClN5O4. The van der Waals surface area contributed by atoms with E-state index in [0.717, 1.165) is 98.2 Å². The quantitative estimate of drug-likeness (QED) is 0.170. The van der Waals surface area contributed by atoms with Crippen molar-refractivity contribution in [3.63, 3.8) is 0 Å². The molecule has 1 atom stereocenters. The summed E-state index contributed by atoms with van der Waals surface area (Å²) in [4.78, 5) is 41.0. The Morgan fingerprint density at radius 1 is 1.00 bits per heavy atom. The van der Waals surface area contributed by atoms with E-state index in [1.807, 2.05) is 42.6 Å². The Bertz CT molecular complexity index is 1860. The number of hydrogen-bond donors (Lipinski definition) is 2. The highest BCUT2D eigenvalue weighted by molar-refractivity contribution is 6.32. The second-order valence-corrected chi connectivity index (χ2v) is 14.1. The van der Waals surface area contributed by atoms with Gasteiger partial charge in [-0.05, 0) is 111 Å². The predicted octanol–water partition coefficient (Wildman–Crippen LogP) is 6.22. The Labute approximate surface area is 299 Å². The first-order valence-electron chi connectivity index (χ1n) is 17.7. The maximum Gasteiger partial charge on any atom is 0.258 e. The minimum absolute atomic E-state index is 0.0196. The average Bonchev–Trinajstić information content (AvgIpc) is 3.16. The van der Waals surface area contributed by atoms with E-state index in [1.165, 1.54) is 5.56 Å². The first-order chi connectivity index (χ1) is 24.3.